The number of nitrogens with zero attached hydrogens (tertiary/aromatic N) is 1. The molecule has 37 heavy (non-hydrogen) atoms. The monoisotopic (exact) mass is 501 g/mol. The fourth-order valence-corrected chi connectivity index (χ4v) is 4.38. The highest BCUT2D eigenvalue weighted by atomic mass is 16.5. The molecule has 4 rings (SSSR count). The number of benzene rings is 2. The highest BCUT2D eigenvalue weighted by Gasteiger charge is 2.25. The molecule has 1 aliphatic rings. The van der Waals surface area contributed by atoms with Crippen molar-refractivity contribution in [1.82, 2.24) is 4.90 Å². The van der Waals surface area contributed by atoms with Gasteiger partial charge in [-0.3, -0.25) is 14.9 Å². The fraction of sp³-hybridized carbons (Fsp3) is 0.276. The second-order valence-electron chi connectivity index (χ2n) is 9.12. The summed E-state index contributed by atoms with van der Waals surface area (Å²) < 4.78 is 10.1. The summed E-state index contributed by atoms with van der Waals surface area (Å²) in [5.41, 5.74) is 3.51. The summed E-state index contributed by atoms with van der Waals surface area (Å²) in [6.07, 6.45) is 2.84. The molecule has 1 saturated heterocycles. The van der Waals surface area contributed by atoms with Crippen molar-refractivity contribution in [3.63, 3.8) is 0 Å². The summed E-state index contributed by atoms with van der Waals surface area (Å²) in [4.78, 5) is 38.8. The van der Waals surface area contributed by atoms with E-state index in [-0.39, 0.29) is 11.8 Å². The number of aryl methyl sites for hydroxylation is 1. The molecule has 1 aliphatic heterocycles. The standard InChI is InChI=1S/C29H31N3O5/c1-19(17-26-12-7-20(2)37-26)27(33)30-24-10-8-21(9-11-24)22-13-15-32(16-14-22)28(34)23-5-4-6-25(18-23)31-29(35)36-3/h4-12,17-18,22H,13-16H2,1-3H3,(H,30,33)(H,31,35)/b19-17+. The molecule has 0 spiro atoms. The number of nitrogens with one attached hydrogen (secondary N) is 2. The second-order valence-corrected chi connectivity index (χ2v) is 9.12. The van der Waals surface area contributed by atoms with E-state index in [2.05, 4.69) is 15.4 Å². The Labute approximate surface area is 216 Å². The first-order valence-corrected chi connectivity index (χ1v) is 12.2. The third-order valence-electron chi connectivity index (χ3n) is 6.44. The molecule has 0 bridgehead atoms. The van der Waals surface area contributed by atoms with E-state index < -0.39 is 6.09 Å². The normalized spacial score (nSPS) is 14.2. The maximum absolute atomic E-state index is 13.0. The molecule has 8 heteroatoms. The molecule has 1 aromatic heterocycles. The molecule has 0 radical (unpaired) electrons. The van der Waals surface area contributed by atoms with Crippen LogP contribution in [-0.4, -0.2) is 43.0 Å². The van der Waals surface area contributed by atoms with E-state index in [1.165, 1.54) is 12.7 Å². The number of hydrogen-bond donors (Lipinski definition) is 2. The van der Waals surface area contributed by atoms with Crippen molar-refractivity contribution >= 4 is 35.4 Å². The van der Waals surface area contributed by atoms with E-state index in [4.69, 9.17) is 4.42 Å². The predicted molar refractivity (Wildman–Crippen MR) is 143 cm³/mol. The summed E-state index contributed by atoms with van der Waals surface area (Å²) in [6, 6.07) is 18.4. The smallest absolute Gasteiger partial charge is 0.411 e. The Morgan fingerprint density at radius 1 is 0.973 bits per heavy atom. The van der Waals surface area contributed by atoms with Crippen molar-refractivity contribution in [2.45, 2.75) is 32.6 Å². The molecule has 2 N–H and O–H groups in total. The number of anilines is 2. The maximum atomic E-state index is 13.0. The van der Waals surface area contributed by atoms with Crippen molar-refractivity contribution in [3.05, 3.63) is 88.9 Å². The average molecular weight is 502 g/mol. The number of ether oxygens (including phenoxy) is 1. The van der Waals surface area contributed by atoms with Gasteiger partial charge in [0.15, 0.2) is 0 Å². The molecule has 192 valence electrons. The molecule has 0 atom stereocenters. The minimum Gasteiger partial charge on any atom is -0.462 e. The molecule has 0 saturated carbocycles. The number of carbonyl (C=O) groups excluding carboxylic acids is 3. The molecular weight excluding hydrogens is 470 g/mol. The van der Waals surface area contributed by atoms with Crippen LogP contribution in [0, 0.1) is 6.92 Å². The summed E-state index contributed by atoms with van der Waals surface area (Å²) in [6.45, 7) is 4.91. The Morgan fingerprint density at radius 2 is 1.70 bits per heavy atom. The van der Waals surface area contributed by atoms with Crippen LogP contribution in [0.25, 0.3) is 6.08 Å². The van der Waals surface area contributed by atoms with E-state index in [0.717, 1.165) is 24.3 Å². The Balaban J connectivity index is 1.30. The van der Waals surface area contributed by atoms with Crippen molar-refractivity contribution in [1.29, 1.82) is 0 Å². The fourth-order valence-electron chi connectivity index (χ4n) is 4.38. The number of piperidine rings is 1. The number of hydrogen-bond acceptors (Lipinski definition) is 5. The van der Waals surface area contributed by atoms with Crippen LogP contribution in [0.4, 0.5) is 16.2 Å². The lowest BCUT2D eigenvalue weighted by atomic mass is 9.89. The van der Waals surface area contributed by atoms with Crippen LogP contribution in [0.3, 0.4) is 0 Å². The lowest BCUT2D eigenvalue weighted by molar-refractivity contribution is -0.112. The first kappa shape index (κ1) is 25.8. The zero-order chi connectivity index (χ0) is 26.4. The van der Waals surface area contributed by atoms with Crippen LogP contribution in [0.2, 0.25) is 0 Å². The van der Waals surface area contributed by atoms with Gasteiger partial charge in [-0.1, -0.05) is 18.2 Å². The minimum atomic E-state index is -0.577. The molecule has 3 amide bonds. The Morgan fingerprint density at radius 3 is 2.35 bits per heavy atom. The van der Waals surface area contributed by atoms with Gasteiger partial charge >= 0.3 is 6.09 Å². The van der Waals surface area contributed by atoms with Gasteiger partial charge in [0.05, 0.1) is 7.11 Å². The number of rotatable bonds is 6. The Kier molecular flexibility index (Phi) is 8.08. The lowest BCUT2D eigenvalue weighted by Crippen LogP contribution is -2.37. The summed E-state index contributed by atoms with van der Waals surface area (Å²) in [5, 5.41) is 5.51. The summed E-state index contributed by atoms with van der Waals surface area (Å²) in [7, 11) is 1.29. The van der Waals surface area contributed by atoms with E-state index in [1.807, 2.05) is 48.2 Å². The number of likely N-dealkylation sites (tertiary alicyclic amines) is 1. The van der Waals surface area contributed by atoms with Gasteiger partial charge in [-0.15, -0.1) is 0 Å². The largest absolute Gasteiger partial charge is 0.462 e. The van der Waals surface area contributed by atoms with Gasteiger partial charge in [0.2, 0.25) is 0 Å². The molecule has 0 aliphatic carbocycles. The second kappa shape index (κ2) is 11.6. The highest BCUT2D eigenvalue weighted by Crippen LogP contribution is 2.30. The molecule has 3 aromatic rings. The van der Waals surface area contributed by atoms with Crippen molar-refractivity contribution in [2.75, 3.05) is 30.8 Å². The van der Waals surface area contributed by atoms with Crippen LogP contribution < -0.4 is 10.6 Å². The highest BCUT2D eigenvalue weighted by molar-refractivity contribution is 6.06. The van der Waals surface area contributed by atoms with E-state index in [9.17, 15) is 14.4 Å². The Bertz CT molecular complexity index is 1300. The quantitative estimate of drug-likeness (QED) is 0.414. The Hall–Kier alpha value is -4.33. The van der Waals surface area contributed by atoms with E-state index >= 15 is 0 Å². The lowest BCUT2D eigenvalue weighted by Gasteiger charge is -2.32. The number of amides is 3. The van der Waals surface area contributed by atoms with Crippen molar-refractivity contribution < 1.29 is 23.5 Å². The maximum Gasteiger partial charge on any atom is 0.411 e. The van der Waals surface area contributed by atoms with Crippen LogP contribution in [0.15, 0.2) is 70.7 Å². The molecular formula is C29H31N3O5. The molecule has 1 fully saturated rings. The molecule has 8 nitrogen and oxygen atoms in total. The van der Waals surface area contributed by atoms with Crippen LogP contribution in [0.1, 0.15) is 53.1 Å². The first-order chi connectivity index (χ1) is 17.8. The SMILES string of the molecule is COC(=O)Nc1cccc(C(=O)N2CCC(c3ccc(NC(=O)/C(C)=C/c4ccc(C)o4)cc3)CC2)c1. The topological polar surface area (TPSA) is 101 Å². The molecule has 0 unspecified atom stereocenters. The van der Waals surface area contributed by atoms with Crippen molar-refractivity contribution in [3.8, 4) is 0 Å². The van der Waals surface area contributed by atoms with Crippen molar-refractivity contribution in [2.24, 2.45) is 0 Å². The van der Waals surface area contributed by atoms with E-state index in [1.54, 1.807) is 37.3 Å². The number of furan rings is 1. The zero-order valence-electron chi connectivity index (χ0n) is 21.2. The minimum absolute atomic E-state index is 0.0573. The third-order valence-corrected chi connectivity index (χ3v) is 6.44. The zero-order valence-corrected chi connectivity index (χ0v) is 21.2. The van der Waals surface area contributed by atoms with Crippen LogP contribution in [0.5, 0.6) is 0 Å². The molecule has 2 heterocycles. The van der Waals surface area contributed by atoms with Gasteiger partial charge < -0.3 is 19.4 Å². The van der Waals surface area contributed by atoms with Gasteiger partial charge in [0, 0.05) is 35.6 Å². The first-order valence-electron chi connectivity index (χ1n) is 12.2. The van der Waals surface area contributed by atoms with Gasteiger partial charge in [0.1, 0.15) is 11.5 Å². The van der Waals surface area contributed by atoms with Gasteiger partial charge in [-0.25, -0.2) is 4.79 Å². The van der Waals surface area contributed by atoms with Crippen LogP contribution >= 0.6 is 0 Å². The van der Waals surface area contributed by atoms with Gasteiger partial charge in [-0.2, -0.15) is 0 Å². The average Bonchev–Trinajstić information content (AvgIpc) is 3.33. The third kappa shape index (κ3) is 6.67. The van der Waals surface area contributed by atoms with Crippen LogP contribution in [-0.2, 0) is 9.53 Å². The molecule has 2 aromatic carbocycles. The van der Waals surface area contributed by atoms with Gasteiger partial charge in [-0.05, 0) is 86.7 Å². The predicted octanol–water partition coefficient (Wildman–Crippen LogP) is 5.83. The number of carbonyl (C=O) groups is 3. The number of methoxy groups -OCH3 is 1. The summed E-state index contributed by atoms with van der Waals surface area (Å²) >= 11 is 0. The van der Waals surface area contributed by atoms with Gasteiger partial charge in [0.25, 0.3) is 11.8 Å². The van der Waals surface area contributed by atoms with E-state index in [0.29, 0.717) is 41.6 Å². The summed E-state index contributed by atoms with van der Waals surface area (Å²) in [5.74, 6) is 1.55.